The van der Waals surface area contributed by atoms with Crippen LogP contribution in [0.5, 0.6) is 0 Å². The second-order valence-corrected chi connectivity index (χ2v) is 9.91. The van der Waals surface area contributed by atoms with E-state index in [9.17, 15) is 13.2 Å². The normalized spacial score (nSPS) is 18.9. The molecule has 1 amide bonds. The highest BCUT2D eigenvalue weighted by Crippen LogP contribution is 2.15. The van der Waals surface area contributed by atoms with Gasteiger partial charge in [-0.1, -0.05) is 0 Å². The average Bonchev–Trinajstić information content (AvgIpc) is 2.54. The predicted molar refractivity (Wildman–Crippen MR) is 106 cm³/mol. The lowest BCUT2D eigenvalue weighted by Crippen LogP contribution is -2.53. The molecule has 1 atom stereocenters. The van der Waals surface area contributed by atoms with E-state index in [4.69, 9.17) is 9.47 Å². The van der Waals surface area contributed by atoms with Crippen LogP contribution in [0.3, 0.4) is 0 Å². The molecule has 1 rings (SSSR count). The van der Waals surface area contributed by atoms with Crippen LogP contribution in [-0.4, -0.2) is 88.9 Å². The molecule has 10 heteroatoms. The number of carbonyl (C=O) groups excluding carboxylic acids is 1. The van der Waals surface area contributed by atoms with Gasteiger partial charge < -0.3 is 25.0 Å². The Kier molecular flexibility index (Phi) is 9.31. The summed E-state index contributed by atoms with van der Waals surface area (Å²) in [5, 5.41) is 6.43. The van der Waals surface area contributed by atoms with Crippen molar-refractivity contribution in [2.24, 2.45) is 4.99 Å². The summed E-state index contributed by atoms with van der Waals surface area (Å²) in [4.78, 5) is 18.1. The van der Waals surface area contributed by atoms with Crippen molar-refractivity contribution in [3.05, 3.63) is 0 Å². The molecular formula is C17H34N4O5S. The molecule has 2 N–H and O–H groups in total. The van der Waals surface area contributed by atoms with E-state index in [2.05, 4.69) is 15.6 Å². The zero-order chi connectivity index (χ0) is 20.5. The maximum absolute atomic E-state index is 12.2. The van der Waals surface area contributed by atoms with Gasteiger partial charge in [0.25, 0.3) is 0 Å². The van der Waals surface area contributed by atoms with Crippen LogP contribution >= 0.6 is 0 Å². The number of hydrogen-bond donors (Lipinski definition) is 2. The number of hydrogen-bond acceptors (Lipinski definition) is 6. The van der Waals surface area contributed by atoms with Crippen LogP contribution < -0.4 is 10.6 Å². The van der Waals surface area contributed by atoms with Gasteiger partial charge in [0.1, 0.15) is 15.4 Å². The van der Waals surface area contributed by atoms with Crippen molar-refractivity contribution >= 4 is 21.9 Å². The number of amides is 1. The van der Waals surface area contributed by atoms with Gasteiger partial charge in [-0.25, -0.2) is 13.2 Å². The van der Waals surface area contributed by atoms with Crippen molar-refractivity contribution in [2.45, 2.75) is 45.3 Å². The van der Waals surface area contributed by atoms with Crippen molar-refractivity contribution in [1.82, 2.24) is 15.5 Å². The molecule has 158 valence electrons. The summed E-state index contributed by atoms with van der Waals surface area (Å²) >= 11 is 0. The Morgan fingerprint density at radius 2 is 2.00 bits per heavy atom. The molecule has 0 spiro atoms. The largest absolute Gasteiger partial charge is 0.444 e. The molecule has 0 aliphatic carbocycles. The van der Waals surface area contributed by atoms with Crippen molar-refractivity contribution in [1.29, 1.82) is 0 Å². The minimum atomic E-state index is -3.00. The first-order valence-corrected chi connectivity index (χ1v) is 11.3. The molecule has 1 aliphatic rings. The first-order valence-electron chi connectivity index (χ1n) is 9.21. The predicted octanol–water partition coefficient (Wildman–Crippen LogP) is 0.612. The Morgan fingerprint density at radius 1 is 1.30 bits per heavy atom. The molecule has 9 nitrogen and oxygen atoms in total. The van der Waals surface area contributed by atoms with Gasteiger partial charge in [0.15, 0.2) is 5.96 Å². The van der Waals surface area contributed by atoms with Gasteiger partial charge in [0, 0.05) is 39.0 Å². The standard InChI is InChI=1S/C17H34N4O5S/c1-17(2,3)26-16(22)21-9-6-7-14(13-21)20-15(18-4)19-8-10-25-11-12-27(5,23)24/h14H,6-13H2,1-5H3,(H2,18,19,20). The molecule has 1 unspecified atom stereocenters. The van der Waals surface area contributed by atoms with Gasteiger partial charge in [0.2, 0.25) is 0 Å². The zero-order valence-electron chi connectivity index (χ0n) is 17.1. The summed E-state index contributed by atoms with van der Waals surface area (Å²) in [6.07, 6.45) is 2.72. The minimum absolute atomic E-state index is 0.0164. The highest BCUT2D eigenvalue weighted by Gasteiger charge is 2.27. The summed E-state index contributed by atoms with van der Waals surface area (Å²) in [5.41, 5.74) is -0.508. The number of likely N-dealkylation sites (tertiary alicyclic amines) is 1. The van der Waals surface area contributed by atoms with Crippen molar-refractivity contribution in [3.8, 4) is 0 Å². The number of nitrogens with zero attached hydrogens (tertiary/aromatic N) is 2. The Hall–Kier alpha value is -1.55. The van der Waals surface area contributed by atoms with E-state index in [1.165, 1.54) is 6.26 Å². The Bertz CT molecular complexity index is 601. The maximum Gasteiger partial charge on any atom is 0.410 e. The minimum Gasteiger partial charge on any atom is -0.444 e. The van der Waals surface area contributed by atoms with Gasteiger partial charge in [-0.2, -0.15) is 0 Å². The topological polar surface area (TPSA) is 109 Å². The SMILES string of the molecule is CN=C(NCCOCCS(C)(=O)=O)NC1CCCN(C(=O)OC(C)(C)C)C1. The number of aliphatic imine (C=N–C) groups is 1. The van der Waals surface area contributed by atoms with Crippen LogP contribution in [0.15, 0.2) is 4.99 Å². The van der Waals surface area contributed by atoms with Gasteiger partial charge in [-0.3, -0.25) is 4.99 Å². The number of guanidine groups is 1. The van der Waals surface area contributed by atoms with Gasteiger partial charge in [-0.05, 0) is 33.6 Å². The van der Waals surface area contributed by atoms with E-state index in [1.54, 1.807) is 11.9 Å². The fraction of sp³-hybridized carbons (Fsp3) is 0.882. The van der Waals surface area contributed by atoms with E-state index >= 15 is 0 Å². The Morgan fingerprint density at radius 3 is 2.59 bits per heavy atom. The summed E-state index contributed by atoms with van der Waals surface area (Å²) < 4.78 is 32.8. The quantitative estimate of drug-likeness (QED) is 0.362. The monoisotopic (exact) mass is 406 g/mol. The molecule has 0 saturated carbocycles. The number of sulfone groups is 1. The smallest absolute Gasteiger partial charge is 0.410 e. The molecular weight excluding hydrogens is 372 g/mol. The van der Waals surface area contributed by atoms with Crippen LogP contribution in [0.4, 0.5) is 4.79 Å². The summed E-state index contributed by atoms with van der Waals surface area (Å²) in [6.45, 7) is 7.88. The number of rotatable bonds is 7. The van der Waals surface area contributed by atoms with E-state index in [0.29, 0.717) is 32.2 Å². The molecule has 0 aromatic carbocycles. The molecule has 27 heavy (non-hydrogen) atoms. The molecule has 1 saturated heterocycles. The van der Waals surface area contributed by atoms with Crippen LogP contribution in [0, 0.1) is 0 Å². The van der Waals surface area contributed by atoms with Gasteiger partial charge in [0.05, 0.1) is 19.0 Å². The Balaban J connectivity index is 2.34. The molecule has 1 heterocycles. The fourth-order valence-electron chi connectivity index (χ4n) is 2.53. The zero-order valence-corrected chi connectivity index (χ0v) is 17.9. The second-order valence-electron chi connectivity index (χ2n) is 7.65. The number of piperidine rings is 1. The average molecular weight is 407 g/mol. The number of nitrogens with one attached hydrogen (secondary N) is 2. The summed E-state index contributed by atoms with van der Waals surface area (Å²) in [6, 6.07) is 0.0867. The third-order valence-corrected chi connectivity index (χ3v) is 4.68. The highest BCUT2D eigenvalue weighted by atomic mass is 32.2. The van der Waals surface area contributed by atoms with Crippen LogP contribution in [0.25, 0.3) is 0 Å². The van der Waals surface area contributed by atoms with Crippen molar-refractivity contribution in [2.75, 3.05) is 51.9 Å². The van der Waals surface area contributed by atoms with E-state index in [-0.39, 0.29) is 24.5 Å². The molecule has 0 radical (unpaired) electrons. The first-order chi connectivity index (χ1) is 12.5. The van der Waals surface area contributed by atoms with Crippen LogP contribution in [0.1, 0.15) is 33.6 Å². The lowest BCUT2D eigenvalue weighted by Gasteiger charge is -2.35. The van der Waals surface area contributed by atoms with E-state index in [0.717, 1.165) is 12.8 Å². The van der Waals surface area contributed by atoms with E-state index < -0.39 is 15.4 Å². The Labute approximate surface area is 162 Å². The molecule has 0 aromatic rings. The van der Waals surface area contributed by atoms with Crippen LogP contribution in [0.2, 0.25) is 0 Å². The lowest BCUT2D eigenvalue weighted by molar-refractivity contribution is 0.0193. The first kappa shape index (κ1) is 23.5. The summed E-state index contributed by atoms with van der Waals surface area (Å²) in [5.74, 6) is 0.639. The van der Waals surface area contributed by atoms with Gasteiger partial charge in [-0.15, -0.1) is 0 Å². The van der Waals surface area contributed by atoms with E-state index in [1.807, 2.05) is 20.8 Å². The second kappa shape index (κ2) is 10.7. The van der Waals surface area contributed by atoms with Crippen molar-refractivity contribution < 1.29 is 22.7 Å². The van der Waals surface area contributed by atoms with Crippen molar-refractivity contribution in [3.63, 3.8) is 0 Å². The molecule has 1 fully saturated rings. The number of carbonyl (C=O) groups is 1. The molecule has 0 aromatic heterocycles. The summed E-state index contributed by atoms with van der Waals surface area (Å²) in [7, 11) is -1.32. The van der Waals surface area contributed by atoms with Gasteiger partial charge >= 0.3 is 6.09 Å². The fourth-order valence-corrected chi connectivity index (χ4v) is 2.95. The highest BCUT2D eigenvalue weighted by molar-refractivity contribution is 7.90. The number of ether oxygens (including phenoxy) is 2. The third-order valence-electron chi connectivity index (χ3n) is 3.77. The third kappa shape index (κ3) is 11.0. The molecule has 0 bridgehead atoms. The maximum atomic E-state index is 12.2. The van der Waals surface area contributed by atoms with Crippen LogP contribution in [-0.2, 0) is 19.3 Å². The molecule has 1 aliphatic heterocycles. The lowest BCUT2D eigenvalue weighted by atomic mass is 10.1.